The fourth-order valence-electron chi connectivity index (χ4n) is 1.30. The minimum absolute atomic E-state index is 0.264. The second-order valence-corrected chi connectivity index (χ2v) is 3.88. The van der Waals surface area contributed by atoms with Gasteiger partial charge in [0.05, 0.1) is 13.2 Å². The number of aliphatic hydroxyl groups excluding tert-OH is 1. The third kappa shape index (κ3) is 3.61. The Morgan fingerprint density at radius 3 is 2.62 bits per heavy atom. The number of benzene rings is 1. The van der Waals surface area contributed by atoms with E-state index in [0.29, 0.717) is 5.57 Å². The molecule has 0 aliphatic rings. The van der Waals surface area contributed by atoms with Crippen molar-refractivity contribution in [2.24, 2.45) is 0 Å². The maximum Gasteiger partial charge on any atom is 0.334 e. The van der Waals surface area contributed by atoms with Crippen LogP contribution >= 0.6 is 22.6 Å². The van der Waals surface area contributed by atoms with E-state index in [-0.39, 0.29) is 6.42 Å². The van der Waals surface area contributed by atoms with Crippen LogP contribution in [0.15, 0.2) is 40.0 Å². The molecule has 0 aromatic heterocycles. The molecule has 0 fully saturated rings. The number of hydrogen-bond donors (Lipinski definition) is 1. The van der Waals surface area contributed by atoms with Gasteiger partial charge in [-0.25, -0.2) is 4.79 Å². The van der Waals surface area contributed by atoms with E-state index in [2.05, 4.69) is 4.74 Å². The first kappa shape index (κ1) is 13.2. The number of hydrogen-bond acceptors (Lipinski definition) is 3. The molecule has 0 amide bonds. The highest BCUT2D eigenvalue weighted by Crippen LogP contribution is 2.22. The summed E-state index contributed by atoms with van der Waals surface area (Å²) in [7, 11) is 1.33. The summed E-state index contributed by atoms with van der Waals surface area (Å²) in [5, 5.41) is 9.91. The van der Waals surface area contributed by atoms with Crippen molar-refractivity contribution in [1.82, 2.24) is 0 Å². The van der Waals surface area contributed by atoms with Crippen molar-refractivity contribution in [1.29, 1.82) is 0 Å². The number of esters is 1. The summed E-state index contributed by atoms with van der Waals surface area (Å²) >= 11 is 1.97. The first-order valence-electron chi connectivity index (χ1n) is 4.79. The lowest BCUT2D eigenvalue weighted by Gasteiger charge is -2.11. The number of rotatable bonds is 4. The van der Waals surface area contributed by atoms with Crippen LogP contribution in [-0.4, -0.2) is 18.2 Å². The van der Waals surface area contributed by atoms with Crippen LogP contribution in [0.3, 0.4) is 0 Å². The average Bonchev–Trinajstić information content (AvgIpc) is 2.35. The molecule has 1 atom stereocenters. The first-order valence-corrected chi connectivity index (χ1v) is 6.04. The Morgan fingerprint density at radius 2 is 2.12 bits per heavy atom. The minimum Gasteiger partial charge on any atom is -0.466 e. The van der Waals surface area contributed by atoms with Crippen LogP contribution in [0.5, 0.6) is 0 Å². The van der Waals surface area contributed by atoms with Crippen LogP contribution in [-0.2, 0) is 9.53 Å². The summed E-state index contributed by atoms with van der Waals surface area (Å²) in [5.41, 5.74) is 1.27. The SMILES string of the molecule is COC(=O)/C(=C\I)CC(O)c1ccccc1. The first-order chi connectivity index (χ1) is 7.69. The maximum absolute atomic E-state index is 11.3. The van der Waals surface area contributed by atoms with Crippen molar-refractivity contribution in [3.63, 3.8) is 0 Å². The zero-order valence-electron chi connectivity index (χ0n) is 8.89. The molecular weight excluding hydrogens is 319 g/mol. The Bertz CT molecular complexity index is 373. The van der Waals surface area contributed by atoms with E-state index in [0.717, 1.165) is 5.56 Å². The van der Waals surface area contributed by atoms with Gasteiger partial charge in [-0.3, -0.25) is 0 Å². The van der Waals surface area contributed by atoms with Gasteiger partial charge in [-0.1, -0.05) is 52.9 Å². The van der Waals surface area contributed by atoms with Gasteiger partial charge in [0.15, 0.2) is 0 Å². The van der Waals surface area contributed by atoms with Crippen LogP contribution < -0.4 is 0 Å². The molecule has 1 unspecified atom stereocenters. The van der Waals surface area contributed by atoms with Gasteiger partial charge in [-0.2, -0.15) is 0 Å². The summed E-state index contributed by atoms with van der Waals surface area (Å²) < 4.78 is 6.25. The van der Waals surface area contributed by atoms with Crippen molar-refractivity contribution in [3.8, 4) is 0 Å². The predicted molar refractivity (Wildman–Crippen MR) is 70.1 cm³/mol. The summed E-state index contributed by atoms with van der Waals surface area (Å²) in [5.74, 6) is -0.399. The second-order valence-electron chi connectivity index (χ2n) is 3.26. The van der Waals surface area contributed by atoms with Crippen molar-refractivity contribution >= 4 is 28.6 Å². The van der Waals surface area contributed by atoms with E-state index < -0.39 is 12.1 Å². The number of aliphatic hydroxyl groups is 1. The molecule has 0 bridgehead atoms. The smallest absolute Gasteiger partial charge is 0.334 e. The molecule has 1 aromatic carbocycles. The van der Waals surface area contributed by atoms with E-state index in [4.69, 9.17) is 0 Å². The van der Waals surface area contributed by atoms with Crippen molar-refractivity contribution < 1.29 is 14.6 Å². The minimum atomic E-state index is -0.679. The van der Waals surface area contributed by atoms with Gasteiger partial charge in [0.2, 0.25) is 0 Å². The quantitative estimate of drug-likeness (QED) is 0.524. The Labute approximate surface area is 108 Å². The number of carbonyl (C=O) groups excluding carboxylic acids is 1. The van der Waals surface area contributed by atoms with E-state index in [1.54, 1.807) is 4.08 Å². The molecule has 4 heteroatoms. The van der Waals surface area contributed by atoms with E-state index >= 15 is 0 Å². The van der Waals surface area contributed by atoms with Crippen molar-refractivity contribution in [2.45, 2.75) is 12.5 Å². The summed E-state index contributed by atoms with van der Waals surface area (Å²) in [6.45, 7) is 0. The Hall–Kier alpha value is -0.880. The van der Waals surface area contributed by atoms with Gasteiger partial charge in [0.1, 0.15) is 0 Å². The highest BCUT2D eigenvalue weighted by atomic mass is 127. The summed E-state index contributed by atoms with van der Waals surface area (Å²) in [6, 6.07) is 9.24. The van der Waals surface area contributed by atoms with Gasteiger partial charge >= 0.3 is 5.97 Å². The molecule has 3 nitrogen and oxygen atoms in total. The molecule has 16 heavy (non-hydrogen) atoms. The van der Waals surface area contributed by atoms with Gasteiger partial charge in [-0.15, -0.1) is 0 Å². The molecule has 0 saturated carbocycles. The lowest BCUT2D eigenvalue weighted by molar-refractivity contribution is -0.136. The number of methoxy groups -OCH3 is 1. The molecular formula is C12H13IO3. The second kappa shape index (κ2) is 6.65. The van der Waals surface area contributed by atoms with Crippen LogP contribution in [0.4, 0.5) is 0 Å². The van der Waals surface area contributed by atoms with Gasteiger partial charge in [0, 0.05) is 12.0 Å². The van der Waals surface area contributed by atoms with Crippen molar-refractivity contribution in [3.05, 3.63) is 45.6 Å². The molecule has 0 spiro atoms. The van der Waals surface area contributed by atoms with Gasteiger partial charge < -0.3 is 9.84 Å². The van der Waals surface area contributed by atoms with Crippen molar-refractivity contribution in [2.75, 3.05) is 7.11 Å². The topological polar surface area (TPSA) is 46.5 Å². The highest BCUT2D eigenvalue weighted by Gasteiger charge is 2.15. The summed E-state index contributed by atoms with van der Waals surface area (Å²) in [4.78, 5) is 11.3. The highest BCUT2D eigenvalue weighted by molar-refractivity contribution is 14.1. The van der Waals surface area contributed by atoms with E-state index in [1.807, 2.05) is 52.9 Å². The monoisotopic (exact) mass is 332 g/mol. The number of halogens is 1. The van der Waals surface area contributed by atoms with Crippen LogP contribution in [0.1, 0.15) is 18.1 Å². The molecule has 1 N–H and O–H groups in total. The molecule has 0 saturated heterocycles. The fourth-order valence-corrected chi connectivity index (χ4v) is 1.81. The molecule has 0 aliphatic carbocycles. The van der Waals surface area contributed by atoms with Crippen LogP contribution in [0.25, 0.3) is 0 Å². The predicted octanol–water partition coefficient (Wildman–Crippen LogP) is 2.60. The Balaban J connectivity index is 2.71. The maximum atomic E-state index is 11.3. The average molecular weight is 332 g/mol. The standard InChI is InChI=1S/C12H13IO3/c1-16-12(15)10(8-13)7-11(14)9-5-3-2-4-6-9/h2-6,8,11,14H,7H2,1H3/b10-8-. The molecule has 0 aliphatic heterocycles. The lowest BCUT2D eigenvalue weighted by atomic mass is 10.0. The Kier molecular flexibility index (Phi) is 5.48. The third-order valence-electron chi connectivity index (χ3n) is 2.18. The Morgan fingerprint density at radius 1 is 1.50 bits per heavy atom. The number of carbonyl (C=O) groups is 1. The number of ether oxygens (including phenoxy) is 1. The van der Waals surface area contributed by atoms with E-state index in [1.165, 1.54) is 7.11 Å². The fraction of sp³-hybridized carbons (Fsp3) is 0.250. The molecule has 1 aromatic rings. The van der Waals surface area contributed by atoms with Gasteiger partial charge in [-0.05, 0) is 9.65 Å². The molecule has 0 radical (unpaired) electrons. The lowest BCUT2D eigenvalue weighted by Crippen LogP contribution is -2.08. The molecule has 86 valence electrons. The van der Waals surface area contributed by atoms with Crippen LogP contribution in [0, 0.1) is 0 Å². The van der Waals surface area contributed by atoms with E-state index in [9.17, 15) is 9.90 Å². The summed E-state index contributed by atoms with van der Waals surface area (Å²) in [6.07, 6.45) is -0.416. The molecule has 1 rings (SSSR count). The molecule has 0 heterocycles. The van der Waals surface area contributed by atoms with Gasteiger partial charge in [0.25, 0.3) is 0 Å². The zero-order valence-corrected chi connectivity index (χ0v) is 11.0. The zero-order chi connectivity index (χ0) is 12.0. The largest absolute Gasteiger partial charge is 0.466 e. The normalized spacial score (nSPS) is 13.3. The van der Waals surface area contributed by atoms with Crippen LogP contribution in [0.2, 0.25) is 0 Å². The third-order valence-corrected chi connectivity index (χ3v) is 2.93.